The van der Waals surface area contributed by atoms with Crippen molar-refractivity contribution in [2.75, 3.05) is 0 Å². The first kappa shape index (κ1) is 15.1. The summed E-state index contributed by atoms with van der Waals surface area (Å²) in [7, 11) is 0. The number of benzene rings is 6. The molecule has 0 aliphatic heterocycles. The third-order valence-electron chi connectivity index (χ3n) is 6.17. The van der Waals surface area contributed by atoms with Crippen LogP contribution in [0, 0.1) is 0 Å². The van der Waals surface area contributed by atoms with E-state index in [2.05, 4.69) is 97.1 Å². The van der Waals surface area contributed by atoms with Gasteiger partial charge in [0, 0.05) is 16.2 Å². The number of hydrogen-bond donors (Lipinski definition) is 0. The molecule has 0 atom stereocenters. The van der Waals surface area contributed by atoms with Crippen LogP contribution in [0.4, 0.5) is 0 Å². The van der Waals surface area contributed by atoms with Crippen molar-refractivity contribution in [3.05, 3.63) is 97.1 Å². The molecule has 1 nitrogen and oxygen atoms in total. The Morgan fingerprint density at radius 3 is 1.66 bits per heavy atom. The largest absolute Gasteiger partial charge is 0.455 e. The highest BCUT2D eigenvalue weighted by atomic mass is 16.3. The molecule has 1 heteroatoms. The van der Waals surface area contributed by atoms with Crippen molar-refractivity contribution in [1.29, 1.82) is 0 Å². The normalized spacial score (nSPS) is 12.1. The third kappa shape index (κ3) is 2.05. The SMILES string of the molecule is c1ccc2cc3c(ccc4c3oc3ccc5cc6ccccc6cc5c34)cc2c1. The van der Waals surface area contributed by atoms with Gasteiger partial charge in [0.1, 0.15) is 11.2 Å². The van der Waals surface area contributed by atoms with E-state index in [0.717, 1.165) is 11.2 Å². The third-order valence-corrected chi connectivity index (χ3v) is 6.17. The van der Waals surface area contributed by atoms with E-state index >= 15 is 0 Å². The van der Waals surface area contributed by atoms with E-state index in [1.165, 1.54) is 53.9 Å². The summed E-state index contributed by atoms with van der Waals surface area (Å²) in [5.41, 5.74) is 1.92. The Kier molecular flexibility index (Phi) is 2.80. The molecule has 0 saturated heterocycles. The van der Waals surface area contributed by atoms with E-state index < -0.39 is 0 Å². The Labute approximate surface area is 166 Å². The van der Waals surface area contributed by atoms with Crippen molar-refractivity contribution >= 4 is 65.0 Å². The maximum Gasteiger partial charge on any atom is 0.143 e. The Hall–Kier alpha value is -3.84. The van der Waals surface area contributed by atoms with E-state index in [0.29, 0.717) is 0 Å². The lowest BCUT2D eigenvalue weighted by atomic mass is 9.97. The molecule has 29 heavy (non-hydrogen) atoms. The van der Waals surface area contributed by atoms with Gasteiger partial charge < -0.3 is 4.42 Å². The molecular weight excluding hydrogens is 352 g/mol. The number of fused-ring (bicyclic) bond motifs is 9. The molecule has 0 aliphatic rings. The Morgan fingerprint density at radius 2 is 0.966 bits per heavy atom. The van der Waals surface area contributed by atoms with Gasteiger partial charge in [0.2, 0.25) is 0 Å². The summed E-state index contributed by atoms with van der Waals surface area (Å²) in [6, 6.07) is 34.8. The second kappa shape index (κ2) is 5.36. The Bertz CT molecular complexity index is 1750. The highest BCUT2D eigenvalue weighted by Crippen LogP contribution is 2.39. The summed E-state index contributed by atoms with van der Waals surface area (Å²) in [6.07, 6.45) is 0. The first-order chi connectivity index (χ1) is 14.3. The summed E-state index contributed by atoms with van der Waals surface area (Å²) in [5, 5.41) is 12.3. The second-order valence-electron chi connectivity index (χ2n) is 7.82. The van der Waals surface area contributed by atoms with Crippen LogP contribution in [0.2, 0.25) is 0 Å². The predicted molar refractivity (Wildman–Crippen MR) is 124 cm³/mol. The van der Waals surface area contributed by atoms with Crippen molar-refractivity contribution in [3.8, 4) is 0 Å². The smallest absolute Gasteiger partial charge is 0.143 e. The molecule has 0 aliphatic carbocycles. The van der Waals surface area contributed by atoms with Crippen LogP contribution in [0.5, 0.6) is 0 Å². The molecule has 0 unspecified atom stereocenters. The van der Waals surface area contributed by atoms with E-state index in [1.807, 2.05) is 0 Å². The van der Waals surface area contributed by atoms with Gasteiger partial charge >= 0.3 is 0 Å². The first-order valence-corrected chi connectivity index (χ1v) is 9.94. The van der Waals surface area contributed by atoms with E-state index in [4.69, 9.17) is 4.42 Å². The average Bonchev–Trinajstić information content (AvgIpc) is 3.16. The number of rotatable bonds is 0. The van der Waals surface area contributed by atoms with E-state index in [9.17, 15) is 0 Å². The van der Waals surface area contributed by atoms with Crippen LogP contribution in [-0.4, -0.2) is 0 Å². The fourth-order valence-electron chi connectivity index (χ4n) is 4.76. The molecule has 134 valence electrons. The van der Waals surface area contributed by atoms with Gasteiger partial charge in [0.15, 0.2) is 0 Å². The first-order valence-electron chi connectivity index (χ1n) is 9.94. The van der Waals surface area contributed by atoms with Crippen LogP contribution in [0.1, 0.15) is 0 Å². The zero-order valence-electron chi connectivity index (χ0n) is 15.6. The minimum Gasteiger partial charge on any atom is -0.455 e. The number of hydrogen-bond acceptors (Lipinski definition) is 1. The fourth-order valence-corrected chi connectivity index (χ4v) is 4.76. The average molecular weight is 368 g/mol. The molecule has 0 N–H and O–H groups in total. The maximum atomic E-state index is 6.43. The van der Waals surface area contributed by atoms with Crippen LogP contribution in [-0.2, 0) is 0 Å². The lowest BCUT2D eigenvalue weighted by Gasteiger charge is -2.04. The summed E-state index contributed by atoms with van der Waals surface area (Å²) >= 11 is 0. The van der Waals surface area contributed by atoms with Gasteiger partial charge in [-0.2, -0.15) is 0 Å². The van der Waals surface area contributed by atoms with Crippen LogP contribution in [0.25, 0.3) is 65.0 Å². The van der Waals surface area contributed by atoms with Gasteiger partial charge in [-0.1, -0.05) is 60.7 Å². The van der Waals surface area contributed by atoms with Crippen LogP contribution in [0.3, 0.4) is 0 Å². The summed E-state index contributed by atoms with van der Waals surface area (Å²) in [6.45, 7) is 0. The van der Waals surface area contributed by atoms with Crippen molar-refractivity contribution in [3.63, 3.8) is 0 Å². The van der Waals surface area contributed by atoms with Gasteiger partial charge in [-0.3, -0.25) is 0 Å². The summed E-state index contributed by atoms with van der Waals surface area (Å²) in [5.74, 6) is 0. The highest BCUT2D eigenvalue weighted by molar-refractivity contribution is 6.25. The minimum absolute atomic E-state index is 0.948. The molecule has 7 rings (SSSR count). The van der Waals surface area contributed by atoms with Gasteiger partial charge in [-0.05, 0) is 74.1 Å². The van der Waals surface area contributed by atoms with Crippen LogP contribution < -0.4 is 0 Å². The minimum atomic E-state index is 0.948. The molecule has 7 aromatic rings. The zero-order valence-corrected chi connectivity index (χ0v) is 15.6. The Morgan fingerprint density at radius 1 is 0.414 bits per heavy atom. The molecule has 0 amide bonds. The molecule has 0 bridgehead atoms. The second-order valence-corrected chi connectivity index (χ2v) is 7.82. The van der Waals surface area contributed by atoms with Crippen molar-refractivity contribution in [2.45, 2.75) is 0 Å². The predicted octanol–water partition coefficient (Wildman–Crippen LogP) is 8.20. The van der Waals surface area contributed by atoms with E-state index in [-0.39, 0.29) is 0 Å². The van der Waals surface area contributed by atoms with Crippen LogP contribution in [0.15, 0.2) is 101 Å². The van der Waals surface area contributed by atoms with Gasteiger partial charge in [0.25, 0.3) is 0 Å². The quantitative estimate of drug-likeness (QED) is 0.246. The summed E-state index contributed by atoms with van der Waals surface area (Å²) < 4.78 is 6.43. The molecule has 0 spiro atoms. The van der Waals surface area contributed by atoms with Crippen LogP contribution >= 0.6 is 0 Å². The summed E-state index contributed by atoms with van der Waals surface area (Å²) in [4.78, 5) is 0. The van der Waals surface area contributed by atoms with E-state index in [1.54, 1.807) is 0 Å². The van der Waals surface area contributed by atoms with Gasteiger partial charge in [-0.15, -0.1) is 0 Å². The molecule has 1 heterocycles. The lowest BCUT2D eigenvalue weighted by molar-refractivity contribution is 0.673. The molecule has 0 saturated carbocycles. The maximum absolute atomic E-state index is 6.43. The van der Waals surface area contributed by atoms with Crippen molar-refractivity contribution in [1.82, 2.24) is 0 Å². The highest BCUT2D eigenvalue weighted by Gasteiger charge is 2.14. The fraction of sp³-hybridized carbons (Fsp3) is 0. The van der Waals surface area contributed by atoms with Crippen molar-refractivity contribution < 1.29 is 4.42 Å². The molecular formula is C28H16O. The monoisotopic (exact) mass is 368 g/mol. The molecule has 6 aromatic carbocycles. The molecule has 1 aromatic heterocycles. The number of furan rings is 1. The Balaban J connectivity index is 1.68. The topological polar surface area (TPSA) is 13.1 Å². The lowest BCUT2D eigenvalue weighted by Crippen LogP contribution is -1.79. The van der Waals surface area contributed by atoms with Gasteiger partial charge in [0.05, 0.1) is 0 Å². The zero-order chi connectivity index (χ0) is 18.9. The molecule has 0 radical (unpaired) electrons. The standard InChI is InChI=1S/C28H16O/c1-3-7-19-15-24-21(13-17(19)5-1)10-12-26-27(24)23-11-9-22-14-18-6-2-4-8-20(18)16-25(22)28(23)29-26/h1-16H. The molecule has 0 fully saturated rings. The van der Waals surface area contributed by atoms with Gasteiger partial charge in [-0.25, -0.2) is 0 Å². The van der Waals surface area contributed by atoms with Crippen molar-refractivity contribution in [2.24, 2.45) is 0 Å².